The van der Waals surface area contributed by atoms with Gasteiger partial charge in [0.2, 0.25) is 10.0 Å². The fraction of sp³-hybridized carbons (Fsp3) is 0.550. The zero-order valence-corrected chi connectivity index (χ0v) is 18.1. The summed E-state index contributed by atoms with van der Waals surface area (Å²) < 4.78 is 35.8. The summed E-state index contributed by atoms with van der Waals surface area (Å²) in [6.45, 7) is 6.14. The SMILES string of the molecule is CCN(CC)C(=O)C1Cn2ccnc2C2(CCN(S(=O)(=O)c3cccnc3)CC2)O1. The predicted molar refractivity (Wildman–Crippen MR) is 109 cm³/mol. The number of carbonyl (C=O) groups is 1. The van der Waals surface area contributed by atoms with E-state index in [4.69, 9.17) is 4.74 Å². The molecule has 0 aliphatic carbocycles. The van der Waals surface area contributed by atoms with Crippen LogP contribution >= 0.6 is 0 Å². The van der Waals surface area contributed by atoms with Gasteiger partial charge in [-0.05, 0) is 38.8 Å². The summed E-state index contributed by atoms with van der Waals surface area (Å²) in [7, 11) is -3.62. The minimum Gasteiger partial charge on any atom is -0.352 e. The van der Waals surface area contributed by atoms with Crippen LogP contribution in [0.5, 0.6) is 0 Å². The summed E-state index contributed by atoms with van der Waals surface area (Å²) in [4.78, 5) is 23.3. The number of likely N-dealkylation sites (N-methyl/N-ethyl adjacent to an activating group) is 1. The molecule has 0 radical (unpaired) electrons. The van der Waals surface area contributed by atoms with Crippen LogP contribution in [0.4, 0.5) is 0 Å². The highest BCUT2D eigenvalue weighted by molar-refractivity contribution is 7.89. The van der Waals surface area contributed by atoms with E-state index in [1.807, 2.05) is 24.6 Å². The van der Waals surface area contributed by atoms with Crippen molar-refractivity contribution in [1.82, 2.24) is 23.7 Å². The first-order valence-corrected chi connectivity index (χ1v) is 11.7. The third-order valence-corrected chi connectivity index (χ3v) is 7.89. The number of nitrogens with zero attached hydrogens (tertiary/aromatic N) is 5. The van der Waals surface area contributed by atoms with E-state index in [2.05, 4.69) is 9.97 Å². The van der Waals surface area contributed by atoms with Gasteiger partial charge in [-0.2, -0.15) is 4.31 Å². The third-order valence-electron chi connectivity index (χ3n) is 6.01. The van der Waals surface area contributed by atoms with Crippen LogP contribution in [0.2, 0.25) is 0 Å². The number of pyridine rings is 1. The second-order valence-electron chi connectivity index (χ2n) is 7.61. The van der Waals surface area contributed by atoms with Crippen LogP contribution in [-0.2, 0) is 31.7 Å². The Morgan fingerprint density at radius 3 is 2.63 bits per heavy atom. The first-order chi connectivity index (χ1) is 14.4. The molecule has 4 rings (SSSR count). The molecule has 1 fully saturated rings. The fourth-order valence-electron chi connectivity index (χ4n) is 4.34. The third kappa shape index (κ3) is 3.52. The van der Waals surface area contributed by atoms with Crippen LogP contribution in [0.25, 0.3) is 0 Å². The number of ether oxygens (including phenoxy) is 1. The average molecular weight is 434 g/mol. The highest BCUT2D eigenvalue weighted by atomic mass is 32.2. The van der Waals surface area contributed by atoms with Crippen molar-refractivity contribution in [3.8, 4) is 0 Å². The number of imidazole rings is 1. The summed E-state index contributed by atoms with van der Waals surface area (Å²) in [6, 6.07) is 3.16. The molecule has 2 aliphatic rings. The largest absolute Gasteiger partial charge is 0.352 e. The smallest absolute Gasteiger partial charge is 0.253 e. The lowest BCUT2D eigenvalue weighted by Crippen LogP contribution is -2.55. The maximum Gasteiger partial charge on any atom is 0.253 e. The van der Waals surface area contributed by atoms with Crippen molar-refractivity contribution in [1.29, 1.82) is 0 Å². The van der Waals surface area contributed by atoms with Gasteiger partial charge in [-0.1, -0.05) is 0 Å². The second kappa shape index (κ2) is 8.09. The number of carbonyl (C=O) groups excluding carboxylic acids is 1. The molecular weight excluding hydrogens is 406 g/mol. The molecule has 30 heavy (non-hydrogen) atoms. The van der Waals surface area contributed by atoms with Crippen LogP contribution in [0.1, 0.15) is 32.5 Å². The van der Waals surface area contributed by atoms with E-state index in [1.165, 1.54) is 10.5 Å². The number of sulfonamides is 1. The summed E-state index contributed by atoms with van der Waals surface area (Å²) in [5.41, 5.74) is -0.768. The maximum absolute atomic E-state index is 13.0. The van der Waals surface area contributed by atoms with Crippen LogP contribution in [-0.4, -0.2) is 70.3 Å². The van der Waals surface area contributed by atoms with Crippen molar-refractivity contribution < 1.29 is 17.9 Å². The molecule has 9 nitrogen and oxygen atoms in total. The van der Waals surface area contributed by atoms with Gasteiger partial charge in [0.15, 0.2) is 6.10 Å². The summed E-state index contributed by atoms with van der Waals surface area (Å²) in [5.74, 6) is 0.730. The average Bonchev–Trinajstić information content (AvgIpc) is 3.25. The fourth-order valence-corrected chi connectivity index (χ4v) is 5.75. The Kier molecular flexibility index (Phi) is 5.65. The Morgan fingerprint density at radius 1 is 1.27 bits per heavy atom. The Morgan fingerprint density at radius 2 is 2.00 bits per heavy atom. The number of amides is 1. The summed E-state index contributed by atoms with van der Waals surface area (Å²) in [5, 5.41) is 0. The van der Waals surface area contributed by atoms with Crippen molar-refractivity contribution in [3.63, 3.8) is 0 Å². The number of hydrogen-bond donors (Lipinski definition) is 0. The molecule has 2 aromatic rings. The lowest BCUT2D eigenvalue weighted by atomic mass is 9.89. The van der Waals surface area contributed by atoms with E-state index >= 15 is 0 Å². The van der Waals surface area contributed by atoms with Gasteiger partial charge in [-0.3, -0.25) is 9.78 Å². The van der Waals surface area contributed by atoms with Crippen molar-refractivity contribution in [2.75, 3.05) is 26.2 Å². The summed E-state index contributed by atoms with van der Waals surface area (Å²) >= 11 is 0. The van der Waals surface area contributed by atoms with Crippen LogP contribution < -0.4 is 0 Å². The maximum atomic E-state index is 13.0. The highest BCUT2D eigenvalue weighted by Crippen LogP contribution is 2.41. The van der Waals surface area contributed by atoms with Gasteiger partial charge in [0.1, 0.15) is 16.3 Å². The van der Waals surface area contributed by atoms with Gasteiger partial charge in [-0.15, -0.1) is 0 Å². The minimum atomic E-state index is -3.62. The van der Waals surface area contributed by atoms with Crippen LogP contribution in [0, 0.1) is 0 Å². The van der Waals surface area contributed by atoms with Crippen molar-refractivity contribution in [3.05, 3.63) is 42.7 Å². The predicted octanol–water partition coefficient (Wildman–Crippen LogP) is 1.23. The van der Waals surface area contributed by atoms with Gasteiger partial charge in [-0.25, -0.2) is 13.4 Å². The molecule has 162 valence electrons. The quantitative estimate of drug-likeness (QED) is 0.703. The van der Waals surface area contributed by atoms with E-state index < -0.39 is 21.7 Å². The molecule has 0 bridgehead atoms. The van der Waals surface area contributed by atoms with Crippen molar-refractivity contribution in [2.24, 2.45) is 0 Å². The van der Waals surface area contributed by atoms with Crippen LogP contribution in [0.3, 0.4) is 0 Å². The molecule has 1 amide bonds. The molecule has 1 atom stereocenters. The molecule has 10 heteroatoms. The topological polar surface area (TPSA) is 97.6 Å². The first kappa shape index (κ1) is 21.0. The summed E-state index contributed by atoms with van der Waals surface area (Å²) in [6.07, 6.45) is 6.75. The van der Waals surface area contributed by atoms with Gasteiger partial charge < -0.3 is 14.2 Å². The van der Waals surface area contributed by atoms with E-state index in [0.717, 1.165) is 5.82 Å². The zero-order chi connectivity index (χ0) is 21.4. The molecular formula is C20H27N5O4S. The van der Waals surface area contributed by atoms with E-state index in [1.54, 1.807) is 29.4 Å². The second-order valence-corrected chi connectivity index (χ2v) is 9.55. The Balaban J connectivity index is 1.57. The molecule has 1 spiro atoms. The number of rotatable bonds is 5. The molecule has 0 N–H and O–H groups in total. The molecule has 1 saturated heterocycles. The molecule has 1 unspecified atom stereocenters. The van der Waals surface area contributed by atoms with Crippen LogP contribution in [0.15, 0.2) is 41.8 Å². The number of fused-ring (bicyclic) bond motifs is 2. The Labute approximate surface area is 176 Å². The molecule has 2 aromatic heterocycles. The molecule has 0 aromatic carbocycles. The molecule has 4 heterocycles. The lowest BCUT2D eigenvalue weighted by Gasteiger charge is -2.45. The van der Waals surface area contributed by atoms with Gasteiger partial charge in [0.25, 0.3) is 5.91 Å². The van der Waals surface area contributed by atoms with Gasteiger partial charge in [0, 0.05) is 51.0 Å². The Bertz CT molecular complexity index is 995. The monoisotopic (exact) mass is 433 g/mol. The molecule has 2 aliphatic heterocycles. The van der Waals surface area contributed by atoms with Crippen molar-refractivity contribution in [2.45, 2.75) is 49.8 Å². The zero-order valence-electron chi connectivity index (χ0n) is 17.3. The van der Waals surface area contributed by atoms with Crippen molar-refractivity contribution >= 4 is 15.9 Å². The lowest BCUT2D eigenvalue weighted by molar-refractivity contribution is -0.178. The highest BCUT2D eigenvalue weighted by Gasteiger charge is 2.49. The Hall–Kier alpha value is -2.30. The standard InChI is InChI=1S/C20H27N5O4S/c1-3-23(4-2)18(26)17-15-24-13-10-22-19(24)20(29-17)7-11-25(12-8-20)30(27,28)16-6-5-9-21-14-16/h5-6,9-10,13-14,17H,3-4,7-8,11-12,15H2,1-2H3. The number of hydrogen-bond acceptors (Lipinski definition) is 6. The first-order valence-electron chi connectivity index (χ1n) is 10.3. The molecule has 0 saturated carbocycles. The number of piperidine rings is 1. The van der Waals surface area contributed by atoms with E-state index in [0.29, 0.717) is 32.5 Å². The van der Waals surface area contributed by atoms with Gasteiger partial charge >= 0.3 is 0 Å². The number of aromatic nitrogens is 3. The minimum absolute atomic E-state index is 0.0378. The normalized spacial score (nSPS) is 21.3. The van der Waals surface area contributed by atoms with E-state index in [9.17, 15) is 13.2 Å². The van der Waals surface area contributed by atoms with Gasteiger partial charge in [0.05, 0.1) is 6.54 Å². The van der Waals surface area contributed by atoms with E-state index in [-0.39, 0.29) is 23.9 Å².